The Morgan fingerprint density at radius 1 is 1.14 bits per heavy atom. The number of anilines is 1. The van der Waals surface area contributed by atoms with Gasteiger partial charge in [-0.25, -0.2) is 9.97 Å². The summed E-state index contributed by atoms with van der Waals surface area (Å²) in [7, 11) is 0. The first-order valence-corrected chi connectivity index (χ1v) is 10.7. The molecule has 158 valence electrons. The average molecular weight is 401 g/mol. The molecule has 0 unspecified atom stereocenters. The largest absolute Gasteiger partial charge is 0.353 e. The second-order valence-corrected chi connectivity index (χ2v) is 7.96. The molecule has 0 atom stereocenters. The lowest BCUT2D eigenvalue weighted by molar-refractivity contribution is -0.131. The predicted molar refractivity (Wildman–Crippen MR) is 111 cm³/mol. The van der Waals surface area contributed by atoms with E-state index in [1.165, 1.54) is 0 Å². The van der Waals surface area contributed by atoms with E-state index in [1.54, 1.807) is 0 Å². The van der Waals surface area contributed by atoms with E-state index >= 15 is 0 Å². The Hall–Kier alpha value is -2.51. The van der Waals surface area contributed by atoms with E-state index in [9.17, 15) is 4.79 Å². The molecule has 1 amide bonds. The molecule has 2 aromatic rings. The van der Waals surface area contributed by atoms with Crippen molar-refractivity contribution in [3.8, 4) is 0 Å². The van der Waals surface area contributed by atoms with Crippen LogP contribution < -0.4 is 4.90 Å². The Balaban J connectivity index is 1.45. The van der Waals surface area contributed by atoms with E-state index in [1.807, 2.05) is 17.9 Å². The van der Waals surface area contributed by atoms with E-state index in [0.29, 0.717) is 24.7 Å². The molecule has 3 rings (SSSR count). The number of aromatic nitrogens is 4. The van der Waals surface area contributed by atoms with Crippen molar-refractivity contribution in [2.45, 2.75) is 65.7 Å². The van der Waals surface area contributed by atoms with Gasteiger partial charge in [0.25, 0.3) is 0 Å². The van der Waals surface area contributed by atoms with Crippen LogP contribution in [0.2, 0.25) is 0 Å². The number of piperazine rings is 1. The van der Waals surface area contributed by atoms with E-state index < -0.39 is 0 Å². The lowest BCUT2D eigenvalue weighted by Gasteiger charge is -2.35. The van der Waals surface area contributed by atoms with Crippen molar-refractivity contribution in [1.82, 2.24) is 25.0 Å². The van der Waals surface area contributed by atoms with Gasteiger partial charge in [-0.3, -0.25) is 4.79 Å². The molecule has 0 aromatic carbocycles. The van der Waals surface area contributed by atoms with Gasteiger partial charge in [-0.05, 0) is 19.8 Å². The molecule has 0 aliphatic carbocycles. The van der Waals surface area contributed by atoms with Crippen LogP contribution in [0.3, 0.4) is 0 Å². The Kier molecular flexibility index (Phi) is 7.17. The van der Waals surface area contributed by atoms with Crippen LogP contribution in [0.4, 0.5) is 5.82 Å². The maximum atomic E-state index is 12.6. The van der Waals surface area contributed by atoms with Gasteiger partial charge in [0.2, 0.25) is 11.8 Å². The zero-order valence-corrected chi connectivity index (χ0v) is 18.0. The van der Waals surface area contributed by atoms with Crippen molar-refractivity contribution < 1.29 is 9.32 Å². The minimum atomic E-state index is 0.194. The molecule has 0 radical (unpaired) electrons. The van der Waals surface area contributed by atoms with Crippen molar-refractivity contribution in [3.05, 3.63) is 29.3 Å². The molecule has 29 heavy (non-hydrogen) atoms. The van der Waals surface area contributed by atoms with Crippen molar-refractivity contribution in [2.75, 3.05) is 31.1 Å². The fourth-order valence-electron chi connectivity index (χ4n) is 3.45. The lowest BCUT2D eigenvalue weighted by Crippen LogP contribution is -2.49. The van der Waals surface area contributed by atoms with Gasteiger partial charge in [0.1, 0.15) is 11.6 Å². The maximum Gasteiger partial charge on any atom is 0.226 e. The number of nitrogens with zero attached hydrogens (tertiary/aromatic N) is 6. The van der Waals surface area contributed by atoms with Crippen LogP contribution in [0.5, 0.6) is 0 Å². The number of hydrogen-bond acceptors (Lipinski definition) is 7. The molecular weight excluding hydrogens is 368 g/mol. The highest BCUT2D eigenvalue weighted by Crippen LogP contribution is 2.19. The van der Waals surface area contributed by atoms with Gasteiger partial charge in [-0.2, -0.15) is 4.98 Å². The van der Waals surface area contributed by atoms with Crippen molar-refractivity contribution >= 4 is 11.7 Å². The van der Waals surface area contributed by atoms with Crippen LogP contribution in [-0.2, 0) is 17.6 Å². The smallest absolute Gasteiger partial charge is 0.226 e. The highest BCUT2D eigenvalue weighted by Gasteiger charge is 2.22. The molecule has 0 saturated carbocycles. The third-order valence-electron chi connectivity index (χ3n) is 5.10. The maximum absolute atomic E-state index is 12.6. The molecule has 0 bridgehead atoms. The van der Waals surface area contributed by atoms with Gasteiger partial charge in [0, 0.05) is 63.1 Å². The van der Waals surface area contributed by atoms with Crippen LogP contribution in [0.1, 0.15) is 69.2 Å². The zero-order chi connectivity index (χ0) is 20.8. The number of amides is 1. The summed E-state index contributed by atoms with van der Waals surface area (Å²) in [6.07, 6.45) is 3.72. The Labute approximate surface area is 172 Å². The molecule has 1 aliphatic heterocycles. The van der Waals surface area contributed by atoms with E-state index in [-0.39, 0.29) is 5.91 Å². The standard InChI is InChI=1S/C21H32N6O2/c1-5-7-17-23-19(29-25-17)8-6-9-20(28)27-12-10-26(11-13-27)18-14-16(4)22-21(24-18)15(2)3/h14-15H,5-13H2,1-4H3. The molecule has 8 heteroatoms. The second-order valence-electron chi connectivity index (χ2n) is 7.96. The fourth-order valence-corrected chi connectivity index (χ4v) is 3.45. The monoisotopic (exact) mass is 400 g/mol. The second kappa shape index (κ2) is 9.80. The lowest BCUT2D eigenvalue weighted by atomic mass is 10.2. The van der Waals surface area contributed by atoms with Gasteiger partial charge in [-0.1, -0.05) is 25.9 Å². The number of carbonyl (C=O) groups is 1. The van der Waals surface area contributed by atoms with Gasteiger partial charge in [0.15, 0.2) is 5.82 Å². The first-order chi connectivity index (χ1) is 14.0. The summed E-state index contributed by atoms with van der Waals surface area (Å²) >= 11 is 0. The minimum Gasteiger partial charge on any atom is -0.353 e. The average Bonchev–Trinajstić information content (AvgIpc) is 3.15. The van der Waals surface area contributed by atoms with Crippen LogP contribution in [0.15, 0.2) is 10.6 Å². The normalized spacial score (nSPS) is 14.7. The van der Waals surface area contributed by atoms with Crippen molar-refractivity contribution in [1.29, 1.82) is 0 Å². The van der Waals surface area contributed by atoms with Gasteiger partial charge >= 0.3 is 0 Å². The first-order valence-electron chi connectivity index (χ1n) is 10.7. The van der Waals surface area contributed by atoms with Gasteiger partial charge < -0.3 is 14.3 Å². The minimum absolute atomic E-state index is 0.194. The molecule has 8 nitrogen and oxygen atoms in total. The van der Waals surface area contributed by atoms with Gasteiger partial charge in [-0.15, -0.1) is 0 Å². The molecule has 2 aromatic heterocycles. The van der Waals surface area contributed by atoms with Crippen molar-refractivity contribution in [3.63, 3.8) is 0 Å². The summed E-state index contributed by atoms with van der Waals surface area (Å²) in [5.41, 5.74) is 0.986. The molecule has 1 saturated heterocycles. The number of carbonyl (C=O) groups excluding carboxylic acids is 1. The Bertz CT molecular complexity index is 811. The number of aryl methyl sites for hydroxylation is 3. The molecule has 0 N–H and O–H groups in total. The van der Waals surface area contributed by atoms with Crippen LogP contribution in [0, 0.1) is 6.92 Å². The summed E-state index contributed by atoms with van der Waals surface area (Å²) in [4.78, 5) is 30.3. The highest BCUT2D eigenvalue weighted by atomic mass is 16.5. The van der Waals surface area contributed by atoms with E-state index in [0.717, 1.165) is 68.6 Å². The molecule has 1 fully saturated rings. The SMILES string of the molecule is CCCc1noc(CCCC(=O)N2CCN(c3cc(C)nc(C(C)C)n3)CC2)n1. The highest BCUT2D eigenvalue weighted by molar-refractivity contribution is 5.76. The van der Waals surface area contributed by atoms with Gasteiger partial charge in [0.05, 0.1) is 0 Å². The fraction of sp³-hybridized carbons (Fsp3) is 0.667. The predicted octanol–water partition coefficient (Wildman–Crippen LogP) is 2.92. The van der Waals surface area contributed by atoms with E-state index in [2.05, 4.69) is 40.8 Å². The molecule has 1 aliphatic rings. The summed E-state index contributed by atoms with van der Waals surface area (Å²) in [5.74, 6) is 3.72. The third kappa shape index (κ3) is 5.74. The molecule has 0 spiro atoms. The number of rotatable bonds is 8. The molecular formula is C21H32N6O2. The van der Waals surface area contributed by atoms with Crippen LogP contribution in [-0.4, -0.2) is 57.1 Å². The first kappa shape index (κ1) is 21.2. The topological polar surface area (TPSA) is 88.3 Å². The number of hydrogen-bond donors (Lipinski definition) is 0. The Morgan fingerprint density at radius 3 is 2.59 bits per heavy atom. The summed E-state index contributed by atoms with van der Waals surface area (Å²) in [5, 5.41) is 3.96. The van der Waals surface area contributed by atoms with Crippen LogP contribution in [0.25, 0.3) is 0 Å². The Morgan fingerprint density at radius 2 is 1.90 bits per heavy atom. The quantitative estimate of drug-likeness (QED) is 0.673. The molecule has 3 heterocycles. The third-order valence-corrected chi connectivity index (χ3v) is 5.10. The van der Waals surface area contributed by atoms with Crippen molar-refractivity contribution in [2.24, 2.45) is 0 Å². The van der Waals surface area contributed by atoms with E-state index in [4.69, 9.17) is 9.51 Å². The summed E-state index contributed by atoms with van der Waals surface area (Å²) in [6.45, 7) is 11.3. The van der Waals surface area contributed by atoms with Crippen LogP contribution >= 0.6 is 0 Å². The summed E-state index contributed by atoms with van der Waals surface area (Å²) in [6, 6.07) is 2.03. The zero-order valence-electron chi connectivity index (χ0n) is 18.0. The summed E-state index contributed by atoms with van der Waals surface area (Å²) < 4.78 is 5.24.